The zero-order valence-electron chi connectivity index (χ0n) is 11.9. The van der Waals surface area contributed by atoms with Gasteiger partial charge in [0.15, 0.2) is 0 Å². The average molecular weight is 328 g/mol. The second kappa shape index (κ2) is 6.03. The van der Waals surface area contributed by atoms with Crippen molar-refractivity contribution >= 4 is 34.6 Å². The van der Waals surface area contributed by atoms with Crippen LogP contribution >= 0.6 is 22.9 Å². The van der Waals surface area contributed by atoms with Gasteiger partial charge in [0, 0.05) is 10.4 Å². The molecule has 112 valence electrons. The van der Waals surface area contributed by atoms with Gasteiger partial charge in [-0.3, -0.25) is 0 Å². The van der Waals surface area contributed by atoms with Crippen LogP contribution in [0.25, 0.3) is 10.4 Å². The lowest BCUT2D eigenvalue weighted by Gasteiger charge is -2.10. The van der Waals surface area contributed by atoms with Gasteiger partial charge < -0.3 is 10.5 Å². The van der Waals surface area contributed by atoms with Crippen molar-refractivity contribution in [1.29, 1.82) is 0 Å². The molecule has 0 fully saturated rings. The minimum Gasteiger partial charge on any atom is -0.465 e. The normalized spacial score (nSPS) is 11.0. The number of rotatable bonds is 3. The highest BCUT2D eigenvalue weighted by atomic mass is 35.5. The number of hydrogen-bond acceptors (Lipinski definition) is 4. The van der Waals surface area contributed by atoms with E-state index < -0.39 is 11.8 Å². The number of halogens is 2. The molecule has 0 amide bonds. The average Bonchev–Trinajstić information content (AvgIpc) is 2.78. The van der Waals surface area contributed by atoms with Crippen LogP contribution in [0.5, 0.6) is 0 Å². The highest BCUT2D eigenvalue weighted by Crippen LogP contribution is 2.45. The third-order valence-electron chi connectivity index (χ3n) is 3.13. The molecule has 2 aromatic rings. The van der Waals surface area contributed by atoms with Crippen LogP contribution in [0, 0.1) is 5.82 Å². The summed E-state index contributed by atoms with van der Waals surface area (Å²) in [5, 5.41) is 0.0251. The second-order valence-corrected chi connectivity index (χ2v) is 6.23. The van der Waals surface area contributed by atoms with Gasteiger partial charge >= 0.3 is 5.97 Å². The van der Waals surface area contributed by atoms with Gasteiger partial charge in [0.2, 0.25) is 0 Å². The summed E-state index contributed by atoms with van der Waals surface area (Å²) >= 11 is 7.23. The van der Waals surface area contributed by atoms with E-state index in [1.54, 1.807) is 12.1 Å². The van der Waals surface area contributed by atoms with Gasteiger partial charge in [-0.2, -0.15) is 0 Å². The summed E-state index contributed by atoms with van der Waals surface area (Å²) in [7, 11) is 1.30. The van der Waals surface area contributed by atoms with Crippen LogP contribution in [0.3, 0.4) is 0 Å². The van der Waals surface area contributed by atoms with Crippen molar-refractivity contribution in [3.8, 4) is 10.4 Å². The van der Waals surface area contributed by atoms with Crippen LogP contribution in [0.2, 0.25) is 5.02 Å². The number of carbonyl (C=O) groups excluding carboxylic acids is 1. The fourth-order valence-electron chi connectivity index (χ4n) is 2.15. The zero-order valence-corrected chi connectivity index (χ0v) is 13.4. The Bertz CT molecular complexity index is 697. The van der Waals surface area contributed by atoms with Gasteiger partial charge in [-0.15, -0.1) is 11.3 Å². The molecule has 0 spiro atoms. The van der Waals surface area contributed by atoms with E-state index in [0.717, 1.165) is 5.56 Å². The fourth-order valence-corrected chi connectivity index (χ4v) is 3.76. The molecule has 0 saturated carbocycles. The smallest absolute Gasteiger partial charge is 0.350 e. The van der Waals surface area contributed by atoms with Crippen molar-refractivity contribution in [3.63, 3.8) is 0 Å². The Morgan fingerprint density at radius 3 is 2.67 bits per heavy atom. The molecule has 2 N–H and O–H groups in total. The van der Waals surface area contributed by atoms with Crippen LogP contribution in [-0.2, 0) is 4.74 Å². The Labute approximate surface area is 131 Å². The maximum atomic E-state index is 13.7. The third-order valence-corrected chi connectivity index (χ3v) is 4.75. The lowest BCUT2D eigenvalue weighted by molar-refractivity contribution is 0.0607. The third kappa shape index (κ3) is 2.76. The van der Waals surface area contributed by atoms with Gasteiger partial charge in [-0.1, -0.05) is 37.6 Å². The summed E-state index contributed by atoms with van der Waals surface area (Å²) in [5.41, 5.74) is 7.77. The molecular formula is C15H15ClFNO2S. The van der Waals surface area contributed by atoms with Crippen LogP contribution < -0.4 is 5.73 Å². The number of carbonyl (C=O) groups is 1. The monoisotopic (exact) mass is 327 g/mol. The Morgan fingerprint density at radius 2 is 2.10 bits per heavy atom. The van der Waals surface area contributed by atoms with Gasteiger partial charge in [0.1, 0.15) is 10.7 Å². The van der Waals surface area contributed by atoms with Crippen molar-refractivity contribution in [2.75, 3.05) is 12.8 Å². The summed E-state index contributed by atoms with van der Waals surface area (Å²) in [6.45, 7) is 3.91. The molecule has 0 aliphatic rings. The molecule has 6 heteroatoms. The number of thiophene rings is 1. The van der Waals surface area contributed by atoms with Crippen molar-refractivity contribution < 1.29 is 13.9 Å². The van der Waals surface area contributed by atoms with Gasteiger partial charge in [0.25, 0.3) is 0 Å². The number of esters is 1. The molecule has 3 nitrogen and oxygen atoms in total. The standard InChI is InChI=1S/C15H15ClFNO2S/c1-7(2)10-12(18)14(15(19)20-3)21-13(10)8-5-4-6-9(17)11(8)16/h4-7H,18H2,1-3H3. The molecule has 1 aromatic heterocycles. The highest BCUT2D eigenvalue weighted by molar-refractivity contribution is 7.18. The maximum Gasteiger partial charge on any atom is 0.350 e. The lowest BCUT2D eigenvalue weighted by Crippen LogP contribution is -2.03. The highest BCUT2D eigenvalue weighted by Gasteiger charge is 2.25. The van der Waals surface area contributed by atoms with E-state index in [1.807, 2.05) is 13.8 Å². The van der Waals surface area contributed by atoms with Crippen LogP contribution in [0.4, 0.5) is 10.1 Å². The lowest BCUT2D eigenvalue weighted by atomic mass is 9.98. The molecule has 0 saturated heterocycles. The Balaban J connectivity index is 2.74. The molecule has 0 aliphatic carbocycles. The molecule has 0 aliphatic heterocycles. The summed E-state index contributed by atoms with van der Waals surface area (Å²) in [5.74, 6) is -0.942. The number of anilines is 1. The predicted molar refractivity (Wildman–Crippen MR) is 84.6 cm³/mol. The minimum atomic E-state index is -0.504. The molecule has 0 bridgehead atoms. The van der Waals surface area contributed by atoms with Crippen LogP contribution in [-0.4, -0.2) is 13.1 Å². The van der Waals surface area contributed by atoms with Crippen LogP contribution in [0.1, 0.15) is 35.0 Å². The number of nitrogen functional groups attached to an aromatic ring is 1. The van der Waals surface area contributed by atoms with Crippen LogP contribution in [0.15, 0.2) is 18.2 Å². The molecule has 1 heterocycles. The molecule has 1 aromatic carbocycles. The number of methoxy groups -OCH3 is 1. The van der Waals surface area contributed by atoms with Crippen molar-refractivity contribution in [1.82, 2.24) is 0 Å². The predicted octanol–water partition coefficient (Wildman–Crippen LogP) is 4.70. The number of nitrogens with two attached hydrogens (primary N) is 1. The largest absolute Gasteiger partial charge is 0.465 e. The molecule has 2 rings (SSSR count). The van der Waals surface area contributed by atoms with E-state index in [2.05, 4.69) is 0 Å². The first-order valence-corrected chi connectivity index (χ1v) is 7.52. The summed E-state index contributed by atoms with van der Waals surface area (Å²) < 4.78 is 18.4. The van der Waals surface area contributed by atoms with E-state index in [9.17, 15) is 9.18 Å². The minimum absolute atomic E-state index is 0.0251. The molecular weight excluding hydrogens is 313 g/mol. The Kier molecular flexibility index (Phi) is 4.54. The SMILES string of the molecule is COC(=O)c1sc(-c2cccc(F)c2Cl)c(C(C)C)c1N. The van der Waals surface area contributed by atoms with Crippen molar-refractivity contribution in [3.05, 3.63) is 39.5 Å². The molecule has 0 radical (unpaired) electrons. The number of benzene rings is 1. The van der Waals surface area contributed by atoms with E-state index in [4.69, 9.17) is 22.1 Å². The Morgan fingerprint density at radius 1 is 1.43 bits per heavy atom. The van der Waals surface area contributed by atoms with Gasteiger partial charge in [-0.25, -0.2) is 9.18 Å². The number of hydrogen-bond donors (Lipinski definition) is 1. The van der Waals surface area contributed by atoms with E-state index >= 15 is 0 Å². The second-order valence-electron chi connectivity index (χ2n) is 4.84. The van der Waals surface area contributed by atoms with E-state index in [1.165, 1.54) is 24.5 Å². The summed E-state index contributed by atoms with van der Waals surface area (Å²) in [6.07, 6.45) is 0. The van der Waals surface area contributed by atoms with Crippen molar-refractivity contribution in [2.24, 2.45) is 0 Å². The summed E-state index contributed by atoms with van der Waals surface area (Å²) in [4.78, 5) is 12.8. The van der Waals surface area contributed by atoms with Gasteiger partial charge in [0.05, 0.1) is 17.8 Å². The first-order valence-electron chi connectivity index (χ1n) is 6.33. The zero-order chi connectivity index (χ0) is 15.7. The molecule has 21 heavy (non-hydrogen) atoms. The number of ether oxygens (including phenoxy) is 1. The van der Waals surface area contributed by atoms with E-state index in [-0.39, 0.29) is 10.9 Å². The van der Waals surface area contributed by atoms with Gasteiger partial charge in [-0.05, 0) is 17.5 Å². The summed E-state index contributed by atoms with van der Waals surface area (Å²) in [6, 6.07) is 4.58. The molecule has 0 unspecified atom stereocenters. The van der Waals surface area contributed by atoms with E-state index in [0.29, 0.717) is 21.0 Å². The first kappa shape index (κ1) is 15.8. The fraction of sp³-hybridized carbons (Fsp3) is 0.267. The van der Waals surface area contributed by atoms with Crippen molar-refractivity contribution in [2.45, 2.75) is 19.8 Å². The maximum absolute atomic E-state index is 13.7. The topological polar surface area (TPSA) is 52.3 Å². The molecule has 0 atom stereocenters. The quantitative estimate of drug-likeness (QED) is 0.831. The first-order chi connectivity index (χ1) is 9.88. The Hall–Kier alpha value is -1.59.